The van der Waals surface area contributed by atoms with Gasteiger partial charge in [0, 0.05) is 0 Å². The van der Waals surface area contributed by atoms with Crippen LogP contribution in [0.3, 0.4) is 0 Å². The molecule has 0 heterocycles. The Hall–Kier alpha value is 0.916. The maximum atomic E-state index is 9.57. The first kappa shape index (κ1) is 11.7. The fourth-order valence-electron chi connectivity index (χ4n) is 0.260. The molecule has 0 aliphatic rings. The molecule has 8 heavy (non-hydrogen) atoms. The maximum Gasteiger partial charge on any atom is 1.00 e. The monoisotopic (exact) mass is 136 g/mol. The van der Waals surface area contributed by atoms with E-state index in [9.17, 15) is 5.11 Å². The van der Waals surface area contributed by atoms with Gasteiger partial charge in [-0.15, -0.1) is 6.26 Å². The topological polar surface area (TPSA) is 23.1 Å². The van der Waals surface area contributed by atoms with Crippen molar-refractivity contribution in [3.05, 3.63) is 24.5 Å². The van der Waals surface area contributed by atoms with Gasteiger partial charge in [0.15, 0.2) is 0 Å². The molecule has 0 amide bonds. The van der Waals surface area contributed by atoms with E-state index in [2.05, 4.69) is 0 Å². The Balaban J connectivity index is 0. The predicted octanol–water partition coefficient (Wildman–Crippen LogP) is -2.17. The van der Waals surface area contributed by atoms with Crippen LogP contribution in [0, 0.1) is 0 Å². The number of rotatable bonds is 2. The Morgan fingerprint density at radius 2 is 2.00 bits per heavy atom. The zero-order valence-electron chi connectivity index (χ0n) is 5.42. The van der Waals surface area contributed by atoms with Crippen molar-refractivity contribution in [2.45, 2.75) is 13.3 Å². The van der Waals surface area contributed by atoms with Crippen molar-refractivity contribution in [3.8, 4) is 0 Å². The number of allylic oxidation sites excluding steroid dienone is 3. The minimum atomic E-state index is 0. The van der Waals surface area contributed by atoms with Crippen LogP contribution in [0.15, 0.2) is 24.5 Å². The largest absolute Gasteiger partial charge is 1.00 e. The van der Waals surface area contributed by atoms with Crippen LogP contribution in [0.4, 0.5) is 0 Å². The second kappa shape index (κ2) is 10.8. The van der Waals surface area contributed by atoms with E-state index in [0.717, 1.165) is 12.7 Å². The Morgan fingerprint density at radius 1 is 1.38 bits per heavy atom. The smallest absolute Gasteiger partial charge is 0.878 e. The number of hydrogen-bond acceptors (Lipinski definition) is 1. The van der Waals surface area contributed by atoms with Gasteiger partial charge in [-0.3, -0.25) is 0 Å². The van der Waals surface area contributed by atoms with Crippen molar-refractivity contribution >= 4 is 0 Å². The summed E-state index contributed by atoms with van der Waals surface area (Å²) in [5, 5.41) is 9.57. The summed E-state index contributed by atoms with van der Waals surface area (Å²) in [4.78, 5) is 0. The van der Waals surface area contributed by atoms with Crippen LogP contribution in [0.1, 0.15) is 13.3 Å². The summed E-state index contributed by atoms with van der Waals surface area (Å²) in [6, 6.07) is 0. The molecular weight excluding hydrogens is 127 g/mol. The van der Waals surface area contributed by atoms with Gasteiger partial charge in [-0.1, -0.05) is 25.2 Å². The normalized spacial score (nSPS) is 10.1. The van der Waals surface area contributed by atoms with Crippen molar-refractivity contribution in [3.63, 3.8) is 0 Å². The Bertz CT molecular complexity index is 76.6. The zero-order valence-corrected chi connectivity index (χ0v) is 8.55. The molecule has 0 aromatic carbocycles. The van der Waals surface area contributed by atoms with Gasteiger partial charge in [-0.2, -0.15) is 0 Å². The van der Waals surface area contributed by atoms with E-state index in [1.54, 1.807) is 6.08 Å². The van der Waals surface area contributed by atoms with Gasteiger partial charge in [-0.25, -0.2) is 0 Å². The van der Waals surface area contributed by atoms with Gasteiger partial charge in [0.2, 0.25) is 0 Å². The summed E-state index contributed by atoms with van der Waals surface area (Å²) in [6.45, 7) is 2.02. The molecule has 0 bridgehead atoms. The molecule has 0 N–H and O–H groups in total. The average Bonchev–Trinajstić information content (AvgIpc) is 1.69. The third-order valence-corrected chi connectivity index (χ3v) is 0.561. The molecular formula is C6H9KO. The molecule has 0 saturated heterocycles. The van der Waals surface area contributed by atoms with Crippen LogP contribution in [0.2, 0.25) is 0 Å². The van der Waals surface area contributed by atoms with E-state index in [0.29, 0.717) is 0 Å². The van der Waals surface area contributed by atoms with Crippen LogP contribution in [0.25, 0.3) is 0 Å². The summed E-state index contributed by atoms with van der Waals surface area (Å²) in [6.07, 6.45) is 6.90. The predicted molar refractivity (Wildman–Crippen MR) is 28.6 cm³/mol. The third kappa shape index (κ3) is 10.0. The van der Waals surface area contributed by atoms with Crippen LogP contribution >= 0.6 is 0 Å². The Labute approximate surface area is 92.9 Å². The molecule has 0 radical (unpaired) electrons. The fraction of sp³-hybridized carbons (Fsp3) is 0.333. The van der Waals surface area contributed by atoms with E-state index in [4.69, 9.17) is 0 Å². The van der Waals surface area contributed by atoms with Gasteiger partial charge in [0.1, 0.15) is 0 Å². The summed E-state index contributed by atoms with van der Waals surface area (Å²) in [5.74, 6) is 0. The van der Waals surface area contributed by atoms with E-state index >= 15 is 0 Å². The molecule has 2 heteroatoms. The SMILES string of the molecule is CCC=CC=C[O-].[K+]. The molecule has 40 valence electrons. The standard InChI is InChI=1S/C6H10O.K/c1-2-3-4-5-6-7;/h3-7H,2H2,1H3;/q;+1/p-1. The molecule has 0 saturated carbocycles. The van der Waals surface area contributed by atoms with Crippen LogP contribution in [0.5, 0.6) is 0 Å². The van der Waals surface area contributed by atoms with E-state index in [1.165, 1.54) is 6.08 Å². The molecule has 0 rings (SSSR count). The summed E-state index contributed by atoms with van der Waals surface area (Å²) in [5.41, 5.74) is 0. The summed E-state index contributed by atoms with van der Waals surface area (Å²) < 4.78 is 0. The van der Waals surface area contributed by atoms with Gasteiger partial charge in [0.05, 0.1) is 0 Å². The third-order valence-electron chi connectivity index (χ3n) is 0.561. The molecule has 0 unspecified atom stereocenters. The van der Waals surface area contributed by atoms with Crippen molar-refractivity contribution < 1.29 is 56.5 Å². The average molecular weight is 136 g/mol. The minimum Gasteiger partial charge on any atom is -0.878 e. The molecule has 0 aliphatic carbocycles. The minimum absolute atomic E-state index is 0. The Kier molecular flexibility index (Phi) is 15.8. The van der Waals surface area contributed by atoms with Gasteiger partial charge in [-0.05, 0) is 6.42 Å². The van der Waals surface area contributed by atoms with E-state index in [-0.39, 0.29) is 51.4 Å². The zero-order chi connectivity index (χ0) is 5.54. The molecule has 0 aromatic heterocycles. The van der Waals surface area contributed by atoms with Crippen molar-refractivity contribution in [1.82, 2.24) is 0 Å². The van der Waals surface area contributed by atoms with Crippen LogP contribution < -0.4 is 56.5 Å². The van der Waals surface area contributed by atoms with Crippen LogP contribution in [-0.2, 0) is 0 Å². The Morgan fingerprint density at radius 3 is 2.38 bits per heavy atom. The first-order valence-corrected chi connectivity index (χ1v) is 2.35. The van der Waals surface area contributed by atoms with Crippen molar-refractivity contribution in [2.75, 3.05) is 0 Å². The second-order valence-corrected chi connectivity index (χ2v) is 1.16. The summed E-state index contributed by atoms with van der Waals surface area (Å²) in [7, 11) is 0. The van der Waals surface area contributed by atoms with E-state index in [1.807, 2.05) is 13.0 Å². The molecule has 0 aromatic rings. The van der Waals surface area contributed by atoms with Crippen molar-refractivity contribution in [1.29, 1.82) is 0 Å². The summed E-state index contributed by atoms with van der Waals surface area (Å²) >= 11 is 0. The number of hydrogen-bond donors (Lipinski definition) is 0. The van der Waals surface area contributed by atoms with Gasteiger partial charge < -0.3 is 5.11 Å². The molecule has 0 atom stereocenters. The molecule has 0 spiro atoms. The first-order chi connectivity index (χ1) is 3.41. The molecule has 1 nitrogen and oxygen atoms in total. The van der Waals surface area contributed by atoms with Crippen molar-refractivity contribution in [2.24, 2.45) is 0 Å². The van der Waals surface area contributed by atoms with E-state index < -0.39 is 0 Å². The molecule has 0 aliphatic heterocycles. The van der Waals surface area contributed by atoms with Crippen LogP contribution in [-0.4, -0.2) is 0 Å². The quantitative estimate of drug-likeness (QED) is 0.241. The van der Waals surface area contributed by atoms with Gasteiger partial charge in [0.25, 0.3) is 0 Å². The van der Waals surface area contributed by atoms with Gasteiger partial charge >= 0.3 is 51.4 Å². The second-order valence-electron chi connectivity index (χ2n) is 1.16. The first-order valence-electron chi connectivity index (χ1n) is 2.35. The maximum absolute atomic E-state index is 9.57. The fourth-order valence-corrected chi connectivity index (χ4v) is 0.260. The molecule has 0 fully saturated rings.